The van der Waals surface area contributed by atoms with E-state index in [0.717, 1.165) is 34.7 Å². The van der Waals surface area contributed by atoms with Gasteiger partial charge in [0.25, 0.3) is 5.56 Å². The number of piperidine rings is 1. The third-order valence-electron chi connectivity index (χ3n) is 6.78. The van der Waals surface area contributed by atoms with E-state index in [1.807, 2.05) is 6.07 Å². The molecule has 1 aromatic carbocycles. The summed E-state index contributed by atoms with van der Waals surface area (Å²) in [5, 5.41) is 15.0. The van der Waals surface area contributed by atoms with Crippen molar-refractivity contribution in [2.75, 3.05) is 32.2 Å². The fourth-order valence-corrected chi connectivity index (χ4v) is 5.84. The van der Waals surface area contributed by atoms with Crippen LogP contribution in [0.5, 0.6) is 11.5 Å². The average molecular weight is 521 g/mol. The molecule has 3 aliphatic heterocycles. The van der Waals surface area contributed by atoms with Gasteiger partial charge in [0.05, 0.1) is 34.4 Å². The molecule has 3 aliphatic rings. The number of ether oxygens (including phenoxy) is 2. The van der Waals surface area contributed by atoms with Crippen LogP contribution in [-0.2, 0) is 6.54 Å². The zero-order chi connectivity index (χ0) is 23.2. The largest absolute Gasteiger partial charge is 0.486 e. The van der Waals surface area contributed by atoms with Crippen molar-refractivity contribution < 1.29 is 19.0 Å². The Hall–Kier alpha value is -2.37. The molecule has 0 amide bonds. The van der Waals surface area contributed by atoms with Crippen LogP contribution in [0.1, 0.15) is 18.2 Å². The molecule has 2 aromatic heterocycles. The number of rotatable bonds is 5. The number of aliphatic hydroxyl groups is 1. The second-order valence-electron chi connectivity index (χ2n) is 8.95. The molecule has 3 aromatic rings. The van der Waals surface area contributed by atoms with Crippen molar-refractivity contribution in [1.29, 1.82) is 0 Å². The highest BCUT2D eigenvalue weighted by molar-refractivity contribution is 7.99. The number of hydrogen-bond donors (Lipinski definition) is 2. The lowest BCUT2D eigenvalue weighted by atomic mass is 10.0. The summed E-state index contributed by atoms with van der Waals surface area (Å²) in [5.41, 5.74) is 1.26. The zero-order valence-electron chi connectivity index (χ0n) is 18.9. The van der Waals surface area contributed by atoms with Gasteiger partial charge < -0.3 is 19.9 Å². The number of benzene rings is 1. The molecule has 35 heavy (non-hydrogen) atoms. The summed E-state index contributed by atoms with van der Waals surface area (Å²) in [5.74, 6) is 1.13. The van der Waals surface area contributed by atoms with Crippen molar-refractivity contribution in [2.45, 2.75) is 36.0 Å². The molecular weight excluding hydrogens is 495 g/mol. The van der Waals surface area contributed by atoms with E-state index in [9.17, 15) is 14.3 Å². The molecule has 0 saturated carbocycles. The monoisotopic (exact) mass is 520 g/mol. The average Bonchev–Trinajstić information content (AvgIpc) is 3.31. The van der Waals surface area contributed by atoms with E-state index in [2.05, 4.69) is 15.2 Å². The number of nitrogens with zero attached hydrogens (tertiary/aromatic N) is 3. The lowest BCUT2D eigenvalue weighted by Gasteiger charge is -2.39. The van der Waals surface area contributed by atoms with Gasteiger partial charge in [0.2, 0.25) is 0 Å². The summed E-state index contributed by atoms with van der Waals surface area (Å²) in [4.78, 5) is 20.4. The van der Waals surface area contributed by atoms with Crippen LogP contribution in [0.15, 0.2) is 46.2 Å². The maximum Gasteiger partial charge on any atom is 0.251 e. The fourth-order valence-electron chi connectivity index (χ4n) is 5.06. The number of fused-ring (bicyclic) bond motifs is 1. The fraction of sp³-hybridized carbons (Fsp3) is 0.417. The van der Waals surface area contributed by atoms with Crippen LogP contribution in [0.25, 0.3) is 10.9 Å². The summed E-state index contributed by atoms with van der Waals surface area (Å²) in [6.07, 6.45) is 1.97. The van der Waals surface area contributed by atoms with Gasteiger partial charge in [0.1, 0.15) is 12.5 Å². The first-order chi connectivity index (χ1) is 16.6. The Balaban J connectivity index is 0.00000253. The summed E-state index contributed by atoms with van der Waals surface area (Å²) in [6, 6.07) is 7.99. The summed E-state index contributed by atoms with van der Waals surface area (Å²) >= 11 is 1.66. The van der Waals surface area contributed by atoms with Gasteiger partial charge >= 0.3 is 0 Å². The molecule has 1 saturated heterocycles. The van der Waals surface area contributed by atoms with Gasteiger partial charge in [-0.15, -0.1) is 12.4 Å². The molecule has 186 valence electrons. The highest BCUT2D eigenvalue weighted by atomic mass is 35.5. The van der Waals surface area contributed by atoms with Crippen LogP contribution >= 0.6 is 24.2 Å². The second-order valence-corrected chi connectivity index (χ2v) is 9.92. The van der Waals surface area contributed by atoms with Gasteiger partial charge in [-0.05, 0) is 37.2 Å². The third-order valence-corrected chi connectivity index (χ3v) is 7.65. The number of hydrogen-bond acceptors (Lipinski definition) is 8. The van der Waals surface area contributed by atoms with Crippen molar-refractivity contribution in [3.8, 4) is 11.5 Å². The molecule has 0 aliphatic carbocycles. The standard InChI is InChI=1S/C24H25FN4O4S.ClH/c25-17-3-1-14-2-4-22(31)29-16(12-32-24(17)23(14)29)10-28-6-5-18(19(30)11-28)27-8-15-7-21-20(9-26-15)33-13-34-21;/h1-4,7,9,16,18-19,27,30H,5-6,8,10-13H2;1H/t16-,18+,19-;/m1./s1. The van der Waals surface area contributed by atoms with Gasteiger partial charge in [-0.3, -0.25) is 19.2 Å². The van der Waals surface area contributed by atoms with E-state index in [0.29, 0.717) is 31.1 Å². The summed E-state index contributed by atoms with van der Waals surface area (Å²) in [6.45, 7) is 2.59. The molecule has 6 rings (SSSR count). The number of nitrogens with one attached hydrogen (secondary N) is 1. The predicted octanol–water partition coefficient (Wildman–Crippen LogP) is 2.56. The highest BCUT2D eigenvalue weighted by Crippen LogP contribution is 2.36. The molecule has 0 spiro atoms. The molecule has 0 unspecified atom stereocenters. The SMILES string of the molecule is Cl.O=c1ccc2ccc(F)c3c2n1[C@H](CN1CC[C@H](NCc2cc4c(cn2)OCS4)[C@H](O)C1)CO3. The number of pyridine rings is 2. The molecule has 0 radical (unpaired) electrons. The Morgan fingerprint density at radius 1 is 1.26 bits per heavy atom. The summed E-state index contributed by atoms with van der Waals surface area (Å²) in [7, 11) is 0. The van der Waals surface area contributed by atoms with Crippen molar-refractivity contribution in [2.24, 2.45) is 0 Å². The molecule has 0 bridgehead atoms. The van der Waals surface area contributed by atoms with Gasteiger partial charge in [0, 0.05) is 37.1 Å². The minimum Gasteiger partial charge on any atom is -0.486 e. The number of likely N-dealkylation sites (tertiary alicyclic amines) is 1. The second kappa shape index (κ2) is 9.94. The first-order valence-electron chi connectivity index (χ1n) is 11.4. The quantitative estimate of drug-likeness (QED) is 0.531. The lowest BCUT2D eigenvalue weighted by molar-refractivity contribution is 0.0294. The van der Waals surface area contributed by atoms with Gasteiger partial charge in [-0.25, -0.2) is 4.39 Å². The molecule has 1 fully saturated rings. The highest BCUT2D eigenvalue weighted by Gasteiger charge is 2.32. The van der Waals surface area contributed by atoms with E-state index < -0.39 is 11.9 Å². The van der Waals surface area contributed by atoms with E-state index in [1.54, 1.807) is 34.7 Å². The van der Waals surface area contributed by atoms with Gasteiger partial charge in [0.15, 0.2) is 17.3 Å². The number of halogens is 2. The van der Waals surface area contributed by atoms with E-state index in [-0.39, 0.29) is 42.4 Å². The van der Waals surface area contributed by atoms with Crippen LogP contribution in [-0.4, -0.2) is 63.9 Å². The van der Waals surface area contributed by atoms with Crippen LogP contribution in [0.2, 0.25) is 0 Å². The first kappa shape index (κ1) is 24.3. The topological polar surface area (TPSA) is 88.9 Å². The number of aliphatic hydroxyl groups excluding tert-OH is 1. The minimum atomic E-state index is -0.553. The minimum absolute atomic E-state index is 0. The molecule has 2 N–H and O–H groups in total. The molecule has 8 nitrogen and oxygen atoms in total. The maximum absolute atomic E-state index is 14.3. The van der Waals surface area contributed by atoms with Gasteiger partial charge in [-0.1, -0.05) is 11.8 Å². The van der Waals surface area contributed by atoms with Gasteiger partial charge in [-0.2, -0.15) is 0 Å². The predicted molar refractivity (Wildman–Crippen MR) is 133 cm³/mol. The Kier molecular flexibility index (Phi) is 6.91. The van der Waals surface area contributed by atoms with Crippen LogP contribution in [0.3, 0.4) is 0 Å². The Morgan fingerprint density at radius 2 is 2.11 bits per heavy atom. The van der Waals surface area contributed by atoms with Crippen molar-refractivity contribution in [3.63, 3.8) is 0 Å². The number of aromatic nitrogens is 2. The number of thioether (sulfide) groups is 1. The number of β-amino-alcohol motifs (C(OH)–C–C–N with tert-alkyl or cyclic N) is 1. The normalized spacial score (nSPS) is 23.3. The Labute approximate surface area is 211 Å². The molecule has 11 heteroatoms. The molecule has 5 heterocycles. The van der Waals surface area contributed by atoms with Crippen LogP contribution < -0.4 is 20.3 Å². The van der Waals surface area contributed by atoms with E-state index >= 15 is 0 Å². The third kappa shape index (κ3) is 4.61. The first-order valence-corrected chi connectivity index (χ1v) is 12.4. The van der Waals surface area contributed by atoms with Crippen molar-refractivity contribution in [1.82, 2.24) is 19.8 Å². The van der Waals surface area contributed by atoms with E-state index in [4.69, 9.17) is 9.47 Å². The van der Waals surface area contributed by atoms with Crippen molar-refractivity contribution >= 4 is 35.1 Å². The van der Waals surface area contributed by atoms with Crippen LogP contribution in [0, 0.1) is 5.82 Å². The molecule has 3 atom stereocenters. The lowest BCUT2D eigenvalue weighted by Crippen LogP contribution is -2.54. The van der Waals surface area contributed by atoms with Crippen molar-refractivity contribution in [3.05, 3.63) is 58.4 Å². The Bertz CT molecular complexity index is 1310. The Morgan fingerprint density at radius 3 is 2.97 bits per heavy atom. The maximum atomic E-state index is 14.3. The zero-order valence-corrected chi connectivity index (χ0v) is 20.5. The molecular formula is C24H26ClFN4O4S. The van der Waals surface area contributed by atoms with E-state index in [1.165, 1.54) is 12.1 Å². The van der Waals surface area contributed by atoms with Crippen LogP contribution in [0.4, 0.5) is 4.39 Å². The summed E-state index contributed by atoms with van der Waals surface area (Å²) < 4.78 is 27.2. The smallest absolute Gasteiger partial charge is 0.251 e.